The van der Waals surface area contributed by atoms with E-state index in [-0.39, 0.29) is 32.2 Å². The number of aliphatic carboxylic acids is 1. The number of carboxylic acid groups (broad SMARTS) is 1. The number of carbonyl (C=O) groups is 3. The lowest BCUT2D eigenvalue weighted by molar-refractivity contribution is -0.870. The molecule has 0 aliphatic rings. The molecular formula is C50H97NO8. The molecule has 0 aromatic rings. The number of ether oxygens (including phenoxy) is 4. The molecule has 2 atom stereocenters. The molecule has 9 heteroatoms. The molecule has 0 fully saturated rings. The van der Waals surface area contributed by atoms with Crippen LogP contribution in [0, 0.1) is 0 Å². The van der Waals surface area contributed by atoms with Crippen LogP contribution in [-0.4, -0.2) is 82.3 Å². The van der Waals surface area contributed by atoms with Crippen LogP contribution in [0.3, 0.4) is 0 Å². The van der Waals surface area contributed by atoms with Gasteiger partial charge in [-0.05, 0) is 12.8 Å². The van der Waals surface area contributed by atoms with Crippen molar-refractivity contribution in [3.8, 4) is 0 Å². The van der Waals surface area contributed by atoms with E-state index in [1.165, 1.54) is 180 Å². The molecule has 0 aliphatic carbocycles. The topological polar surface area (TPSA) is 111 Å². The van der Waals surface area contributed by atoms with E-state index in [0.29, 0.717) is 17.4 Å². The highest BCUT2D eigenvalue weighted by Crippen LogP contribution is 2.17. The van der Waals surface area contributed by atoms with Crippen LogP contribution in [0.25, 0.3) is 0 Å². The number of carboxylic acids is 1. The molecule has 0 rings (SSSR count). The van der Waals surface area contributed by atoms with E-state index in [1.54, 1.807) is 0 Å². The van der Waals surface area contributed by atoms with Gasteiger partial charge in [0.25, 0.3) is 0 Å². The van der Waals surface area contributed by atoms with Gasteiger partial charge in [0.2, 0.25) is 0 Å². The van der Waals surface area contributed by atoms with Gasteiger partial charge in [-0.15, -0.1) is 0 Å². The molecule has 0 saturated heterocycles. The maximum Gasteiger partial charge on any atom is 0.306 e. The van der Waals surface area contributed by atoms with Crippen molar-refractivity contribution in [1.29, 1.82) is 0 Å². The lowest BCUT2D eigenvalue weighted by Gasteiger charge is -2.26. The van der Waals surface area contributed by atoms with Gasteiger partial charge in [0.1, 0.15) is 13.2 Å². The Labute approximate surface area is 364 Å². The van der Waals surface area contributed by atoms with Crippen LogP contribution in [0.15, 0.2) is 0 Å². The Hall–Kier alpha value is -1.71. The quantitative estimate of drug-likeness (QED) is 0.0258. The van der Waals surface area contributed by atoms with E-state index < -0.39 is 24.3 Å². The largest absolute Gasteiger partial charge is 0.545 e. The Kier molecular flexibility index (Phi) is 41.7. The van der Waals surface area contributed by atoms with Gasteiger partial charge < -0.3 is 33.3 Å². The van der Waals surface area contributed by atoms with E-state index >= 15 is 0 Å². The van der Waals surface area contributed by atoms with Crippen LogP contribution in [-0.2, 0) is 33.3 Å². The number of quaternary nitrogens is 1. The number of hydrogen-bond donors (Lipinski definition) is 0. The maximum atomic E-state index is 12.8. The van der Waals surface area contributed by atoms with Crippen LogP contribution in [0.2, 0.25) is 0 Å². The summed E-state index contributed by atoms with van der Waals surface area (Å²) in [6, 6.07) is 0. The standard InChI is InChI=1S/C50H97NO8/c1-6-8-10-12-14-16-18-20-22-23-24-25-26-27-29-31-33-35-37-39-41-48(53)59-46(45-58-50(49(54)55)56-43-42-51(3,4)5)44-57-47(52)40-38-36-34-32-30-28-21-19-17-15-13-11-9-7-2/h46,50H,6-45H2,1-5H3. The lowest BCUT2D eigenvalue weighted by Crippen LogP contribution is -2.44. The summed E-state index contributed by atoms with van der Waals surface area (Å²) in [4.78, 5) is 37.1. The fourth-order valence-electron chi connectivity index (χ4n) is 7.42. The predicted octanol–water partition coefficient (Wildman–Crippen LogP) is 12.3. The van der Waals surface area contributed by atoms with Gasteiger partial charge >= 0.3 is 11.9 Å². The number of esters is 2. The molecule has 2 unspecified atom stereocenters. The van der Waals surface area contributed by atoms with E-state index in [4.69, 9.17) is 18.9 Å². The van der Waals surface area contributed by atoms with E-state index in [9.17, 15) is 19.5 Å². The molecule has 0 bridgehead atoms. The first-order valence-electron chi connectivity index (χ1n) is 25.2. The van der Waals surface area contributed by atoms with Crippen molar-refractivity contribution in [2.75, 3.05) is 47.5 Å². The number of hydrogen-bond acceptors (Lipinski definition) is 8. The Bertz CT molecular complexity index is 938. The number of likely N-dealkylation sites (N-methyl/N-ethyl adjacent to an activating group) is 1. The molecule has 0 radical (unpaired) electrons. The van der Waals surface area contributed by atoms with Gasteiger partial charge in [-0.2, -0.15) is 0 Å². The summed E-state index contributed by atoms with van der Waals surface area (Å²) in [5.41, 5.74) is 0. The highest BCUT2D eigenvalue weighted by Gasteiger charge is 2.22. The van der Waals surface area contributed by atoms with Crippen LogP contribution in [0.5, 0.6) is 0 Å². The smallest absolute Gasteiger partial charge is 0.306 e. The zero-order valence-corrected chi connectivity index (χ0v) is 39.7. The zero-order chi connectivity index (χ0) is 43.5. The zero-order valence-electron chi connectivity index (χ0n) is 39.7. The molecule has 0 aliphatic heterocycles. The number of rotatable bonds is 47. The minimum absolute atomic E-state index is 0.153. The first kappa shape index (κ1) is 57.3. The molecule has 350 valence electrons. The van der Waals surface area contributed by atoms with E-state index in [1.807, 2.05) is 21.1 Å². The van der Waals surface area contributed by atoms with E-state index in [0.717, 1.165) is 38.5 Å². The van der Waals surface area contributed by atoms with Crippen LogP contribution < -0.4 is 5.11 Å². The number of unbranched alkanes of at least 4 members (excludes halogenated alkanes) is 32. The molecule has 0 aromatic carbocycles. The summed E-state index contributed by atoms with van der Waals surface area (Å²) >= 11 is 0. The van der Waals surface area contributed by atoms with Crippen LogP contribution >= 0.6 is 0 Å². The van der Waals surface area contributed by atoms with Gasteiger partial charge in [-0.1, -0.05) is 219 Å². The van der Waals surface area contributed by atoms with Crippen LogP contribution in [0.4, 0.5) is 0 Å². The van der Waals surface area contributed by atoms with Crippen molar-refractivity contribution < 1.29 is 42.9 Å². The number of carbonyl (C=O) groups excluding carboxylic acids is 3. The molecule has 0 heterocycles. The molecule has 0 amide bonds. The van der Waals surface area contributed by atoms with E-state index in [2.05, 4.69) is 13.8 Å². The van der Waals surface area contributed by atoms with Crippen molar-refractivity contribution in [2.24, 2.45) is 0 Å². The fraction of sp³-hybridized carbons (Fsp3) is 0.940. The van der Waals surface area contributed by atoms with Crippen molar-refractivity contribution in [3.05, 3.63) is 0 Å². The summed E-state index contributed by atoms with van der Waals surface area (Å²) < 4.78 is 22.6. The third kappa shape index (κ3) is 44.2. The molecule has 0 aromatic heterocycles. The van der Waals surface area contributed by atoms with Gasteiger partial charge in [-0.25, -0.2) is 0 Å². The second-order valence-electron chi connectivity index (χ2n) is 18.5. The number of nitrogens with zero attached hydrogens (tertiary/aromatic N) is 1. The van der Waals surface area contributed by atoms with Gasteiger partial charge in [-0.3, -0.25) is 9.59 Å². The van der Waals surface area contributed by atoms with Crippen molar-refractivity contribution in [2.45, 2.75) is 257 Å². The monoisotopic (exact) mass is 840 g/mol. The minimum atomic E-state index is -1.61. The molecule has 59 heavy (non-hydrogen) atoms. The van der Waals surface area contributed by atoms with Crippen LogP contribution in [0.1, 0.15) is 245 Å². The maximum absolute atomic E-state index is 12.8. The third-order valence-electron chi connectivity index (χ3n) is 11.4. The first-order chi connectivity index (χ1) is 28.6. The summed E-state index contributed by atoms with van der Waals surface area (Å²) in [7, 11) is 5.92. The lowest BCUT2D eigenvalue weighted by atomic mass is 10.0. The molecule has 0 N–H and O–H groups in total. The van der Waals surface area contributed by atoms with Crippen molar-refractivity contribution in [3.63, 3.8) is 0 Å². The second kappa shape index (κ2) is 43.0. The normalized spacial score (nSPS) is 12.8. The molecular weight excluding hydrogens is 743 g/mol. The average Bonchev–Trinajstić information content (AvgIpc) is 3.19. The predicted molar refractivity (Wildman–Crippen MR) is 242 cm³/mol. The van der Waals surface area contributed by atoms with Gasteiger partial charge in [0.15, 0.2) is 12.4 Å². The molecule has 0 spiro atoms. The highest BCUT2D eigenvalue weighted by atomic mass is 16.7. The van der Waals surface area contributed by atoms with Crippen molar-refractivity contribution in [1.82, 2.24) is 0 Å². The summed E-state index contributed by atoms with van der Waals surface area (Å²) in [5, 5.41) is 11.7. The van der Waals surface area contributed by atoms with Crippen molar-refractivity contribution >= 4 is 17.9 Å². The first-order valence-corrected chi connectivity index (χ1v) is 25.2. The molecule has 0 saturated carbocycles. The fourth-order valence-corrected chi connectivity index (χ4v) is 7.42. The SMILES string of the molecule is CCCCCCCCCCCCCCCCCCCCCCC(=O)OC(COC(=O)CCCCCCCCCCCCCCCC)COC(OCC[N+](C)(C)C)C(=O)[O-]. The highest BCUT2D eigenvalue weighted by molar-refractivity contribution is 5.70. The second-order valence-corrected chi connectivity index (χ2v) is 18.5. The third-order valence-corrected chi connectivity index (χ3v) is 11.4. The Morgan fingerprint density at radius 3 is 1.08 bits per heavy atom. The summed E-state index contributed by atoms with van der Waals surface area (Å²) in [5.74, 6) is -2.26. The Morgan fingerprint density at radius 2 is 0.763 bits per heavy atom. The van der Waals surface area contributed by atoms with Gasteiger partial charge in [0, 0.05) is 12.8 Å². The average molecular weight is 840 g/mol. The Balaban J connectivity index is 4.29. The minimum Gasteiger partial charge on any atom is -0.545 e. The summed E-state index contributed by atoms with van der Waals surface area (Å²) in [6.45, 7) is 4.79. The molecule has 9 nitrogen and oxygen atoms in total. The Morgan fingerprint density at radius 1 is 0.441 bits per heavy atom. The van der Waals surface area contributed by atoms with Gasteiger partial charge in [0.05, 0.1) is 40.3 Å². The summed E-state index contributed by atoms with van der Waals surface area (Å²) in [6.07, 6.45) is 41.3.